The van der Waals surface area contributed by atoms with Gasteiger partial charge in [0.1, 0.15) is 23.7 Å². The van der Waals surface area contributed by atoms with Gasteiger partial charge in [0.25, 0.3) is 0 Å². The Balaban J connectivity index is 0.00000645. The van der Waals surface area contributed by atoms with Crippen molar-refractivity contribution < 1.29 is 28.6 Å². The van der Waals surface area contributed by atoms with Crippen molar-refractivity contribution in [3.8, 4) is 11.5 Å². The average molecular weight is 616 g/mol. The molecule has 2 aromatic heterocycles. The zero-order valence-corrected chi connectivity index (χ0v) is 27.1. The second kappa shape index (κ2) is 17.5. The lowest BCUT2D eigenvalue weighted by atomic mass is 10.0. The molecule has 0 N–H and O–H groups in total. The van der Waals surface area contributed by atoms with Gasteiger partial charge in [-0.3, -0.25) is 19.3 Å². The van der Waals surface area contributed by atoms with Crippen molar-refractivity contribution in [1.82, 2.24) is 9.30 Å². The number of benzene rings is 1. The Kier molecular flexibility index (Phi) is 14.5. The molecule has 0 atom stereocenters. The fraction of sp³-hybridized carbons (Fsp3) is 0.485. The van der Waals surface area contributed by atoms with E-state index in [9.17, 15) is 14.4 Å². The van der Waals surface area contributed by atoms with Gasteiger partial charge < -0.3 is 23.5 Å². The number of ether oxygens (including phenoxy) is 3. The molecule has 3 rings (SSSR count). The topological polar surface area (TPSA) is 89.8 Å². The van der Waals surface area contributed by atoms with Crippen molar-refractivity contribution in [1.29, 1.82) is 0 Å². The number of pyridine rings is 1. The number of fused-ring (bicyclic) bond motifs is 1. The van der Waals surface area contributed by atoms with Gasteiger partial charge in [-0.25, -0.2) is 0 Å². The molecule has 0 saturated carbocycles. The summed E-state index contributed by atoms with van der Waals surface area (Å²) < 4.78 is 18.3. The van der Waals surface area contributed by atoms with Crippen molar-refractivity contribution >= 4 is 41.3 Å². The van der Waals surface area contributed by atoms with E-state index in [0.717, 1.165) is 49.9 Å². The van der Waals surface area contributed by atoms with Crippen LogP contribution in [0.25, 0.3) is 5.52 Å². The van der Waals surface area contributed by atoms with E-state index in [4.69, 9.17) is 14.2 Å². The lowest BCUT2D eigenvalue weighted by Gasteiger charge is -2.26. The summed E-state index contributed by atoms with van der Waals surface area (Å²) in [6.07, 6.45) is 6.37. The molecule has 0 saturated heterocycles. The Morgan fingerprint density at radius 1 is 0.907 bits per heavy atom. The number of halogens is 1. The van der Waals surface area contributed by atoms with Crippen LogP contribution in [0.2, 0.25) is 0 Å². The third kappa shape index (κ3) is 8.74. The lowest BCUT2D eigenvalue weighted by molar-refractivity contribution is -0.142. The smallest absolute Gasteiger partial charge is 0.326 e. The number of amides is 1. The van der Waals surface area contributed by atoms with E-state index in [0.29, 0.717) is 35.0 Å². The van der Waals surface area contributed by atoms with Gasteiger partial charge in [-0.05, 0) is 70.1 Å². The van der Waals surface area contributed by atoms with Gasteiger partial charge >= 0.3 is 5.97 Å². The number of unbranched alkanes of at least 4 members (excludes halogenated alkanes) is 2. The molecule has 0 aliphatic heterocycles. The van der Waals surface area contributed by atoms with E-state index in [2.05, 4.69) is 18.7 Å². The molecule has 0 bridgehead atoms. The standard InChI is InChI=1S/C33H45N3O6.ClH/c1-7-10-18-34(19-11-8-2)21-17-29(37)36(23-30(38)42-9-3)26-16-15-25(22-28(26)40-5)32(39)31-24(4)33(41-6)27-14-12-13-20-35(27)31;/h12-16,20,22H,7-11,17-19,21,23H2,1-6H3;1H. The molecule has 1 aromatic carbocycles. The molecule has 1 amide bonds. The van der Waals surface area contributed by atoms with Gasteiger partial charge in [0, 0.05) is 30.3 Å². The first-order valence-corrected chi connectivity index (χ1v) is 14.9. The Bertz CT molecular complexity index is 1360. The van der Waals surface area contributed by atoms with Crippen LogP contribution < -0.4 is 14.4 Å². The van der Waals surface area contributed by atoms with Gasteiger partial charge in [-0.1, -0.05) is 32.8 Å². The van der Waals surface area contributed by atoms with Gasteiger partial charge in [0.05, 0.1) is 32.0 Å². The first kappa shape index (κ1) is 35.6. The number of carbonyl (C=O) groups excluding carboxylic acids is 3. The third-order valence-corrected chi connectivity index (χ3v) is 7.37. The molecule has 43 heavy (non-hydrogen) atoms. The summed E-state index contributed by atoms with van der Waals surface area (Å²) in [5, 5.41) is 0. The van der Waals surface area contributed by atoms with E-state index >= 15 is 0 Å². The summed E-state index contributed by atoms with van der Waals surface area (Å²) in [5.74, 6) is 0.0203. The number of esters is 1. The molecule has 3 aromatic rings. The van der Waals surface area contributed by atoms with Crippen LogP contribution in [0.3, 0.4) is 0 Å². The lowest BCUT2D eigenvalue weighted by Crippen LogP contribution is -2.39. The molecule has 2 heterocycles. The van der Waals surface area contributed by atoms with Crippen LogP contribution in [0.4, 0.5) is 5.69 Å². The average Bonchev–Trinajstić information content (AvgIpc) is 3.29. The zero-order chi connectivity index (χ0) is 30.6. The Hall–Kier alpha value is -3.56. The van der Waals surface area contributed by atoms with E-state index in [1.807, 2.05) is 35.7 Å². The summed E-state index contributed by atoms with van der Waals surface area (Å²) in [5.41, 5.74) is 2.80. The largest absolute Gasteiger partial charge is 0.495 e. The minimum Gasteiger partial charge on any atom is -0.495 e. The van der Waals surface area contributed by atoms with Crippen molar-refractivity contribution in [2.24, 2.45) is 0 Å². The predicted molar refractivity (Wildman–Crippen MR) is 172 cm³/mol. The van der Waals surface area contributed by atoms with Crippen LogP contribution in [-0.4, -0.2) is 74.0 Å². The van der Waals surface area contributed by atoms with E-state index in [1.165, 1.54) is 12.0 Å². The Morgan fingerprint density at radius 3 is 2.21 bits per heavy atom. The molecule has 0 unspecified atom stereocenters. The maximum atomic E-state index is 13.8. The van der Waals surface area contributed by atoms with Gasteiger partial charge in [-0.2, -0.15) is 0 Å². The molecule has 0 fully saturated rings. The highest BCUT2D eigenvalue weighted by molar-refractivity contribution is 6.11. The molecular weight excluding hydrogens is 570 g/mol. The van der Waals surface area contributed by atoms with E-state index in [1.54, 1.807) is 32.2 Å². The molecular formula is C33H46ClN3O6. The van der Waals surface area contributed by atoms with Crippen LogP contribution >= 0.6 is 12.4 Å². The predicted octanol–water partition coefficient (Wildman–Crippen LogP) is 6.11. The first-order chi connectivity index (χ1) is 20.3. The minimum absolute atomic E-state index is 0. The highest BCUT2D eigenvalue weighted by atomic mass is 35.5. The van der Waals surface area contributed by atoms with Crippen LogP contribution in [0.1, 0.15) is 74.5 Å². The molecule has 0 spiro atoms. The highest BCUT2D eigenvalue weighted by Gasteiger charge is 2.27. The number of carbonyl (C=O) groups is 3. The first-order valence-electron chi connectivity index (χ1n) is 14.9. The number of anilines is 1. The second-order valence-electron chi connectivity index (χ2n) is 10.3. The second-order valence-corrected chi connectivity index (χ2v) is 10.3. The monoisotopic (exact) mass is 615 g/mol. The molecule has 9 nitrogen and oxygen atoms in total. The van der Waals surface area contributed by atoms with Crippen LogP contribution in [0, 0.1) is 6.92 Å². The fourth-order valence-electron chi connectivity index (χ4n) is 5.15. The molecule has 10 heteroatoms. The highest BCUT2D eigenvalue weighted by Crippen LogP contribution is 2.34. The number of methoxy groups -OCH3 is 2. The Morgan fingerprint density at radius 2 is 1.60 bits per heavy atom. The van der Waals surface area contributed by atoms with E-state index in [-0.39, 0.29) is 43.7 Å². The maximum absolute atomic E-state index is 13.8. The number of ketones is 1. The molecule has 0 aliphatic carbocycles. The van der Waals surface area contributed by atoms with Crippen LogP contribution in [0.5, 0.6) is 11.5 Å². The Labute approximate surface area is 261 Å². The molecule has 0 radical (unpaired) electrons. The van der Waals surface area contributed by atoms with Gasteiger partial charge in [0.2, 0.25) is 11.7 Å². The normalized spacial score (nSPS) is 10.9. The SMILES string of the molecule is CCCCN(CCCC)CCC(=O)N(CC(=O)OCC)c1ccc(C(=O)c2c(C)c(OC)c3ccccn23)cc1OC.Cl. The van der Waals surface area contributed by atoms with Gasteiger partial charge in [-0.15, -0.1) is 12.4 Å². The molecule has 0 aliphatic rings. The summed E-state index contributed by atoms with van der Waals surface area (Å²) in [6.45, 7) is 10.3. The summed E-state index contributed by atoms with van der Waals surface area (Å²) in [6, 6.07) is 10.6. The minimum atomic E-state index is -0.510. The van der Waals surface area contributed by atoms with Crippen LogP contribution in [-0.2, 0) is 14.3 Å². The van der Waals surface area contributed by atoms with Crippen molar-refractivity contribution in [2.45, 2.75) is 59.8 Å². The molecule has 236 valence electrons. The number of hydrogen-bond donors (Lipinski definition) is 0. The zero-order valence-electron chi connectivity index (χ0n) is 26.3. The third-order valence-electron chi connectivity index (χ3n) is 7.37. The quantitative estimate of drug-likeness (QED) is 0.134. The number of hydrogen-bond acceptors (Lipinski definition) is 7. The van der Waals surface area contributed by atoms with Crippen molar-refractivity contribution in [2.75, 3.05) is 51.9 Å². The van der Waals surface area contributed by atoms with E-state index < -0.39 is 5.97 Å². The number of rotatable bonds is 17. The summed E-state index contributed by atoms with van der Waals surface area (Å²) >= 11 is 0. The maximum Gasteiger partial charge on any atom is 0.326 e. The summed E-state index contributed by atoms with van der Waals surface area (Å²) in [4.78, 5) is 43.7. The van der Waals surface area contributed by atoms with Gasteiger partial charge in [0.15, 0.2) is 0 Å². The van der Waals surface area contributed by atoms with Crippen molar-refractivity contribution in [3.63, 3.8) is 0 Å². The number of nitrogens with zero attached hydrogens (tertiary/aromatic N) is 3. The van der Waals surface area contributed by atoms with Crippen LogP contribution in [0.15, 0.2) is 42.6 Å². The number of aromatic nitrogens is 1. The fourth-order valence-corrected chi connectivity index (χ4v) is 5.15. The van der Waals surface area contributed by atoms with Crippen molar-refractivity contribution in [3.05, 3.63) is 59.4 Å². The summed E-state index contributed by atoms with van der Waals surface area (Å²) in [7, 11) is 3.07.